The van der Waals surface area contributed by atoms with Crippen molar-refractivity contribution in [3.05, 3.63) is 58.9 Å². The number of benzene rings is 2. The molecule has 0 atom stereocenters. The van der Waals surface area contributed by atoms with Crippen molar-refractivity contribution >= 4 is 27.3 Å². The van der Waals surface area contributed by atoms with E-state index in [0.29, 0.717) is 5.69 Å². The molecule has 0 saturated carbocycles. The molecule has 2 aromatic carbocycles. The molecule has 0 aliphatic heterocycles. The summed E-state index contributed by atoms with van der Waals surface area (Å²) in [6.07, 6.45) is 0.251. The molecule has 0 spiro atoms. The van der Waals surface area contributed by atoms with E-state index in [-0.39, 0.29) is 16.3 Å². The van der Waals surface area contributed by atoms with Crippen LogP contribution >= 0.6 is 11.6 Å². The smallest absolute Gasteiger partial charge is 0.261 e. The van der Waals surface area contributed by atoms with E-state index in [2.05, 4.69) is 4.72 Å². The minimum Gasteiger partial charge on any atom is -0.280 e. The van der Waals surface area contributed by atoms with Crippen LogP contribution in [0, 0.1) is 17.1 Å². The molecule has 2 rings (SSSR count). The summed E-state index contributed by atoms with van der Waals surface area (Å²) < 4.78 is 39.7. The summed E-state index contributed by atoms with van der Waals surface area (Å²) in [6, 6.07) is 11.6. The highest BCUT2D eigenvalue weighted by atomic mass is 35.5. The van der Waals surface area contributed by atoms with Gasteiger partial charge in [-0.25, -0.2) is 12.8 Å². The minimum atomic E-state index is -3.84. The predicted molar refractivity (Wildman–Crippen MR) is 78.0 cm³/mol. The van der Waals surface area contributed by atoms with Gasteiger partial charge in [-0.1, -0.05) is 23.7 Å². The highest BCUT2D eigenvalue weighted by Crippen LogP contribution is 2.22. The van der Waals surface area contributed by atoms with Gasteiger partial charge >= 0.3 is 0 Å². The number of rotatable bonds is 4. The van der Waals surface area contributed by atoms with E-state index in [9.17, 15) is 12.8 Å². The zero-order chi connectivity index (χ0) is 15.5. The fourth-order valence-corrected chi connectivity index (χ4v) is 2.97. The van der Waals surface area contributed by atoms with Crippen molar-refractivity contribution in [1.29, 1.82) is 5.26 Å². The molecule has 2 aromatic rings. The predicted octanol–water partition coefficient (Wildman–Crippen LogP) is 3.35. The third kappa shape index (κ3) is 3.72. The van der Waals surface area contributed by atoms with Gasteiger partial charge in [-0.2, -0.15) is 5.26 Å². The van der Waals surface area contributed by atoms with Crippen molar-refractivity contribution in [3.63, 3.8) is 0 Å². The fraction of sp³-hybridized carbons (Fsp3) is 0.0714. The number of nitrogens with one attached hydrogen (secondary N) is 1. The number of sulfonamides is 1. The lowest BCUT2D eigenvalue weighted by Crippen LogP contribution is -2.13. The van der Waals surface area contributed by atoms with E-state index in [0.717, 1.165) is 23.8 Å². The molecule has 0 radical (unpaired) electrons. The first-order chi connectivity index (χ1) is 9.92. The van der Waals surface area contributed by atoms with Crippen molar-refractivity contribution < 1.29 is 12.8 Å². The maximum absolute atomic E-state index is 13.1. The van der Waals surface area contributed by atoms with Gasteiger partial charge in [0.15, 0.2) is 0 Å². The lowest BCUT2D eigenvalue weighted by Gasteiger charge is -2.09. The van der Waals surface area contributed by atoms with Gasteiger partial charge in [0.05, 0.1) is 22.4 Å². The maximum Gasteiger partial charge on any atom is 0.261 e. The number of nitriles is 1. The van der Waals surface area contributed by atoms with E-state index >= 15 is 0 Å². The second-order valence-electron chi connectivity index (χ2n) is 4.21. The molecule has 0 heterocycles. The van der Waals surface area contributed by atoms with Crippen molar-refractivity contribution in [3.8, 4) is 6.07 Å². The number of halogens is 2. The van der Waals surface area contributed by atoms with Gasteiger partial charge in [-0.15, -0.1) is 0 Å². The summed E-state index contributed by atoms with van der Waals surface area (Å²) >= 11 is 5.58. The summed E-state index contributed by atoms with van der Waals surface area (Å²) in [6.45, 7) is 0. The van der Waals surface area contributed by atoms with Crippen LogP contribution in [0.15, 0.2) is 47.4 Å². The number of anilines is 1. The molecule has 0 bridgehead atoms. The Hall–Kier alpha value is -2.10. The highest BCUT2D eigenvalue weighted by Gasteiger charge is 2.16. The Morgan fingerprint density at radius 3 is 2.43 bits per heavy atom. The van der Waals surface area contributed by atoms with Crippen LogP contribution in [0.4, 0.5) is 10.1 Å². The van der Waals surface area contributed by atoms with Gasteiger partial charge in [0, 0.05) is 5.69 Å². The van der Waals surface area contributed by atoms with Crippen LogP contribution in [0.2, 0.25) is 5.02 Å². The molecule has 0 saturated heterocycles. The average Bonchev–Trinajstić information content (AvgIpc) is 2.44. The van der Waals surface area contributed by atoms with Gasteiger partial charge in [0.2, 0.25) is 0 Å². The maximum atomic E-state index is 13.1. The molecule has 108 valence electrons. The Morgan fingerprint density at radius 2 is 1.86 bits per heavy atom. The summed E-state index contributed by atoms with van der Waals surface area (Å²) in [5.74, 6) is -0.684. The van der Waals surface area contributed by atoms with Crippen LogP contribution in [-0.4, -0.2) is 8.42 Å². The molecular formula is C14H10ClFN2O2S. The lowest BCUT2D eigenvalue weighted by atomic mass is 10.1. The molecule has 7 heteroatoms. The molecule has 0 aliphatic rings. The molecule has 0 fully saturated rings. The van der Waals surface area contributed by atoms with Crippen LogP contribution in [0.1, 0.15) is 5.56 Å². The van der Waals surface area contributed by atoms with Gasteiger partial charge in [0.1, 0.15) is 5.82 Å². The summed E-state index contributed by atoms with van der Waals surface area (Å²) in [5, 5.41) is 8.31. The molecular weight excluding hydrogens is 315 g/mol. The number of hydrogen-bond donors (Lipinski definition) is 1. The molecule has 1 N–H and O–H groups in total. The summed E-state index contributed by atoms with van der Waals surface area (Å²) in [5.41, 5.74) is 1.13. The second-order valence-corrected chi connectivity index (χ2v) is 6.30. The Labute approximate surface area is 126 Å². The molecule has 0 amide bonds. The molecule has 0 unspecified atom stereocenters. The monoisotopic (exact) mass is 324 g/mol. The average molecular weight is 325 g/mol. The van der Waals surface area contributed by atoms with Crippen LogP contribution < -0.4 is 4.72 Å². The van der Waals surface area contributed by atoms with Gasteiger partial charge in [-0.05, 0) is 35.9 Å². The standard InChI is InChI=1S/C14H10ClFN2O2S/c15-13-9-12(5-6-14(13)16)21(19,20)18-11-3-1-10(2-4-11)7-8-17/h1-6,9,18H,7H2. The van der Waals surface area contributed by atoms with E-state index in [1.807, 2.05) is 6.07 Å². The third-order valence-electron chi connectivity index (χ3n) is 2.69. The van der Waals surface area contributed by atoms with Crippen molar-refractivity contribution in [2.45, 2.75) is 11.3 Å². The normalized spacial score (nSPS) is 10.9. The van der Waals surface area contributed by atoms with Crippen LogP contribution in [0.5, 0.6) is 0 Å². The lowest BCUT2D eigenvalue weighted by molar-refractivity contribution is 0.599. The molecule has 0 aliphatic carbocycles. The zero-order valence-corrected chi connectivity index (χ0v) is 12.2. The summed E-state index contributed by atoms with van der Waals surface area (Å²) in [4.78, 5) is -0.130. The quantitative estimate of drug-likeness (QED) is 0.937. The van der Waals surface area contributed by atoms with Crippen molar-refractivity contribution in [2.75, 3.05) is 4.72 Å². The SMILES string of the molecule is N#CCc1ccc(NS(=O)(=O)c2ccc(F)c(Cl)c2)cc1. The number of nitrogens with zero attached hydrogens (tertiary/aromatic N) is 1. The molecule has 0 aromatic heterocycles. The minimum absolute atomic E-state index is 0.130. The topological polar surface area (TPSA) is 70.0 Å². The highest BCUT2D eigenvalue weighted by molar-refractivity contribution is 7.92. The third-order valence-corrected chi connectivity index (χ3v) is 4.36. The molecule has 21 heavy (non-hydrogen) atoms. The Balaban J connectivity index is 2.24. The molecule has 4 nitrogen and oxygen atoms in total. The van der Waals surface area contributed by atoms with E-state index in [1.54, 1.807) is 24.3 Å². The van der Waals surface area contributed by atoms with Crippen molar-refractivity contribution in [1.82, 2.24) is 0 Å². The Morgan fingerprint density at radius 1 is 1.19 bits per heavy atom. The van der Waals surface area contributed by atoms with Crippen LogP contribution in [0.3, 0.4) is 0 Å². The largest absolute Gasteiger partial charge is 0.280 e. The second kappa shape index (κ2) is 6.12. The first-order valence-electron chi connectivity index (χ1n) is 5.86. The summed E-state index contributed by atoms with van der Waals surface area (Å²) in [7, 11) is -3.84. The van der Waals surface area contributed by atoms with Gasteiger partial charge in [0.25, 0.3) is 10.0 Å². The van der Waals surface area contributed by atoms with Gasteiger partial charge in [-0.3, -0.25) is 4.72 Å². The first kappa shape index (κ1) is 15.3. The first-order valence-corrected chi connectivity index (χ1v) is 7.72. The number of hydrogen-bond acceptors (Lipinski definition) is 3. The van der Waals surface area contributed by atoms with E-state index in [1.165, 1.54) is 0 Å². The van der Waals surface area contributed by atoms with E-state index in [4.69, 9.17) is 16.9 Å². The Kier molecular flexibility index (Phi) is 4.46. The van der Waals surface area contributed by atoms with Crippen LogP contribution in [-0.2, 0) is 16.4 Å². The fourth-order valence-electron chi connectivity index (χ4n) is 1.64. The van der Waals surface area contributed by atoms with E-state index < -0.39 is 15.8 Å². The zero-order valence-electron chi connectivity index (χ0n) is 10.7. The Bertz CT molecular complexity index is 799. The van der Waals surface area contributed by atoms with Crippen LogP contribution in [0.25, 0.3) is 0 Å². The van der Waals surface area contributed by atoms with Gasteiger partial charge < -0.3 is 0 Å². The van der Waals surface area contributed by atoms with Crippen molar-refractivity contribution in [2.24, 2.45) is 0 Å².